The van der Waals surface area contributed by atoms with Crippen LogP contribution in [0.1, 0.15) is 20.8 Å². The normalized spacial score (nSPS) is 16.4. The van der Waals surface area contributed by atoms with Crippen molar-refractivity contribution in [2.24, 2.45) is 0 Å². The van der Waals surface area contributed by atoms with Crippen LogP contribution in [0.3, 0.4) is 0 Å². The highest BCUT2D eigenvalue weighted by Gasteiger charge is 2.21. The Labute approximate surface area is 149 Å². The van der Waals surface area contributed by atoms with Crippen LogP contribution >= 0.6 is 28.2 Å². The molecule has 0 unspecified atom stereocenters. The number of esters is 1. The maximum atomic E-state index is 11.6. The molecule has 0 saturated carbocycles. The van der Waals surface area contributed by atoms with Gasteiger partial charge in [0.15, 0.2) is 6.61 Å². The van der Waals surface area contributed by atoms with Gasteiger partial charge in [-0.2, -0.15) is 0 Å². The van der Waals surface area contributed by atoms with Crippen LogP contribution in [0.5, 0.6) is 0 Å². The first-order valence-electron chi connectivity index (χ1n) is 7.32. The second kappa shape index (κ2) is 8.27. The lowest BCUT2D eigenvalue weighted by atomic mass is 10.2. The molecule has 9 heteroatoms. The summed E-state index contributed by atoms with van der Waals surface area (Å²) in [6, 6.07) is 0. The molecule has 0 aliphatic carbocycles. The summed E-state index contributed by atoms with van der Waals surface area (Å²) in [7, 11) is 0. The minimum atomic E-state index is -0.484. The predicted octanol–water partition coefficient (Wildman–Crippen LogP) is 2.28. The minimum absolute atomic E-state index is 0.0552. The molecule has 2 rings (SSSR count). The summed E-state index contributed by atoms with van der Waals surface area (Å²) in [5.74, 6) is 0.515. The van der Waals surface area contributed by atoms with E-state index in [-0.39, 0.29) is 12.6 Å². The molecule has 128 valence electrons. The Morgan fingerprint density at radius 3 is 2.52 bits per heavy atom. The lowest BCUT2D eigenvalue weighted by Gasteiger charge is -2.33. The Bertz CT molecular complexity index is 516. The van der Waals surface area contributed by atoms with Crippen molar-refractivity contribution in [3.63, 3.8) is 0 Å². The molecule has 1 aliphatic heterocycles. The number of nitrogens with zero attached hydrogens (tertiary/aromatic N) is 4. The zero-order valence-corrected chi connectivity index (χ0v) is 15.9. The third-order valence-corrected chi connectivity index (χ3v) is 4.13. The highest BCUT2D eigenvalue weighted by molar-refractivity contribution is 9.10. The first-order valence-corrected chi connectivity index (χ1v) is 8.81. The third kappa shape index (κ3) is 6.62. The largest absolute Gasteiger partial charge is 0.458 e. The molecule has 1 aliphatic rings. The lowest BCUT2D eigenvalue weighted by molar-refractivity contribution is -0.156. The lowest BCUT2D eigenvalue weighted by Crippen LogP contribution is -2.44. The number of hydrogen-bond acceptors (Lipinski definition) is 8. The summed E-state index contributed by atoms with van der Waals surface area (Å²) in [5, 5.41) is 0. The van der Waals surface area contributed by atoms with Gasteiger partial charge in [-0.25, -0.2) is 19.1 Å². The van der Waals surface area contributed by atoms with Crippen molar-refractivity contribution in [2.75, 3.05) is 37.7 Å². The highest BCUT2D eigenvalue weighted by atomic mass is 79.9. The van der Waals surface area contributed by atoms with Gasteiger partial charge in [0, 0.05) is 26.2 Å². The fraction of sp³-hybridized carbons (Fsp3) is 0.643. The Hall–Kier alpha value is -0.900. The average molecular weight is 405 g/mol. The second-order valence-electron chi connectivity index (χ2n) is 6.04. The molecular weight excluding hydrogens is 384 g/mol. The van der Waals surface area contributed by atoms with Crippen LogP contribution in [0, 0.1) is 0 Å². The smallest absolute Gasteiger partial charge is 0.334 e. The van der Waals surface area contributed by atoms with E-state index in [0.717, 1.165) is 36.6 Å². The second-order valence-corrected chi connectivity index (χ2v) is 7.75. The number of aromatic nitrogens is 2. The van der Waals surface area contributed by atoms with Crippen LogP contribution < -0.4 is 4.90 Å². The molecule has 2 heterocycles. The van der Waals surface area contributed by atoms with Gasteiger partial charge in [0.05, 0.1) is 24.6 Å². The Morgan fingerprint density at radius 2 is 1.96 bits per heavy atom. The number of hydrogen-bond donors (Lipinski definition) is 0. The number of carbonyl (C=O) groups excluding carboxylic acids is 1. The standard InChI is InChI=1S/C14H21BrN4O3S/c1-14(2,3)22-13(20)10-21-23-19-6-4-18(5-7-19)12-9-16-11(15)8-17-12/h8-9H,4-7,10H2,1-3H3. The van der Waals surface area contributed by atoms with Gasteiger partial charge in [0.2, 0.25) is 0 Å². The van der Waals surface area contributed by atoms with Crippen molar-refractivity contribution in [1.29, 1.82) is 0 Å². The molecule has 7 nitrogen and oxygen atoms in total. The van der Waals surface area contributed by atoms with E-state index >= 15 is 0 Å². The maximum absolute atomic E-state index is 11.6. The molecule has 1 saturated heterocycles. The summed E-state index contributed by atoms with van der Waals surface area (Å²) in [6.45, 7) is 8.75. The monoisotopic (exact) mass is 404 g/mol. The van der Waals surface area contributed by atoms with E-state index in [1.165, 1.54) is 12.2 Å². The van der Waals surface area contributed by atoms with Gasteiger partial charge in [0.1, 0.15) is 16.0 Å². The van der Waals surface area contributed by atoms with E-state index in [0.29, 0.717) is 0 Å². The number of piperazine rings is 1. The quantitative estimate of drug-likeness (QED) is 0.420. The fourth-order valence-corrected chi connectivity index (χ4v) is 2.80. The first-order chi connectivity index (χ1) is 10.8. The van der Waals surface area contributed by atoms with E-state index in [4.69, 9.17) is 8.92 Å². The van der Waals surface area contributed by atoms with Crippen molar-refractivity contribution in [3.8, 4) is 0 Å². The molecule has 1 fully saturated rings. The van der Waals surface area contributed by atoms with E-state index in [1.807, 2.05) is 20.8 Å². The van der Waals surface area contributed by atoms with Gasteiger partial charge in [-0.1, -0.05) is 0 Å². The molecule has 1 aromatic heterocycles. The number of rotatable bonds is 5. The van der Waals surface area contributed by atoms with Crippen molar-refractivity contribution in [2.45, 2.75) is 26.4 Å². The molecule has 0 N–H and O–H groups in total. The van der Waals surface area contributed by atoms with Gasteiger partial charge in [-0.05, 0) is 36.7 Å². The van der Waals surface area contributed by atoms with E-state index in [9.17, 15) is 4.79 Å². The van der Waals surface area contributed by atoms with Gasteiger partial charge in [-0.3, -0.25) is 4.18 Å². The first kappa shape index (κ1) is 18.4. The van der Waals surface area contributed by atoms with Gasteiger partial charge in [0.25, 0.3) is 0 Å². The number of anilines is 1. The van der Waals surface area contributed by atoms with E-state index in [1.54, 1.807) is 12.4 Å². The van der Waals surface area contributed by atoms with Crippen molar-refractivity contribution in [1.82, 2.24) is 14.3 Å². The molecular formula is C14H21BrN4O3S. The highest BCUT2D eigenvalue weighted by Crippen LogP contribution is 2.19. The van der Waals surface area contributed by atoms with Crippen molar-refractivity contribution >= 4 is 39.9 Å². The molecule has 1 aromatic rings. The Balaban J connectivity index is 1.67. The topological polar surface area (TPSA) is 67.8 Å². The zero-order chi connectivity index (χ0) is 16.9. The summed E-state index contributed by atoms with van der Waals surface area (Å²) in [5.41, 5.74) is -0.484. The average Bonchev–Trinajstić information content (AvgIpc) is 2.47. The predicted molar refractivity (Wildman–Crippen MR) is 92.9 cm³/mol. The SMILES string of the molecule is CC(C)(C)OC(=O)COSN1CCN(c2cnc(Br)cn2)CC1. The Morgan fingerprint density at radius 1 is 1.26 bits per heavy atom. The number of ether oxygens (including phenoxy) is 1. The van der Waals surface area contributed by atoms with Crippen molar-refractivity contribution in [3.05, 3.63) is 17.0 Å². The van der Waals surface area contributed by atoms with Gasteiger partial charge >= 0.3 is 5.97 Å². The van der Waals surface area contributed by atoms with Crippen LogP contribution in [-0.2, 0) is 13.7 Å². The summed E-state index contributed by atoms with van der Waals surface area (Å²) >= 11 is 4.49. The molecule has 0 radical (unpaired) electrons. The summed E-state index contributed by atoms with van der Waals surface area (Å²) in [4.78, 5) is 22.3. The number of carbonyl (C=O) groups is 1. The number of halogens is 1. The molecule has 23 heavy (non-hydrogen) atoms. The van der Waals surface area contributed by atoms with Crippen LogP contribution in [0.25, 0.3) is 0 Å². The molecule has 0 atom stereocenters. The summed E-state index contributed by atoms with van der Waals surface area (Å²) < 4.78 is 13.3. The van der Waals surface area contributed by atoms with Crippen LogP contribution in [0.4, 0.5) is 5.82 Å². The van der Waals surface area contributed by atoms with Gasteiger partial charge < -0.3 is 9.64 Å². The van der Waals surface area contributed by atoms with E-state index < -0.39 is 5.60 Å². The molecule has 0 amide bonds. The summed E-state index contributed by atoms with van der Waals surface area (Å²) in [6.07, 6.45) is 3.45. The van der Waals surface area contributed by atoms with E-state index in [2.05, 4.69) is 35.1 Å². The molecule has 0 aromatic carbocycles. The van der Waals surface area contributed by atoms with Gasteiger partial charge in [-0.15, -0.1) is 0 Å². The fourth-order valence-electron chi connectivity index (χ4n) is 1.98. The van der Waals surface area contributed by atoms with Crippen LogP contribution in [0.2, 0.25) is 0 Å². The minimum Gasteiger partial charge on any atom is -0.458 e. The molecule has 0 bridgehead atoms. The van der Waals surface area contributed by atoms with Crippen LogP contribution in [-0.4, -0.2) is 58.6 Å². The van der Waals surface area contributed by atoms with Crippen LogP contribution in [0.15, 0.2) is 17.0 Å². The van der Waals surface area contributed by atoms with Crippen molar-refractivity contribution < 1.29 is 13.7 Å². The molecule has 0 spiro atoms. The Kier molecular flexibility index (Phi) is 6.63. The third-order valence-electron chi connectivity index (χ3n) is 2.92. The maximum Gasteiger partial charge on any atom is 0.334 e. The zero-order valence-electron chi connectivity index (χ0n) is 13.5.